The normalized spacial score (nSPS) is 16.5. The minimum absolute atomic E-state index is 0. The van der Waals surface area contributed by atoms with Crippen molar-refractivity contribution in [3.63, 3.8) is 0 Å². The van der Waals surface area contributed by atoms with Crippen molar-refractivity contribution in [3.05, 3.63) is 91.0 Å². The Hall–Kier alpha value is -1.51. The zero-order chi connectivity index (χ0) is 20.9. The molecule has 1 aliphatic heterocycles. The summed E-state index contributed by atoms with van der Waals surface area (Å²) < 4.78 is 11.9. The highest BCUT2D eigenvalue weighted by Gasteiger charge is 2.51. The van der Waals surface area contributed by atoms with Gasteiger partial charge in [0.05, 0.1) is 18.9 Å². The van der Waals surface area contributed by atoms with E-state index in [9.17, 15) is 0 Å². The van der Waals surface area contributed by atoms with Gasteiger partial charge in [-0.3, -0.25) is 0 Å². The molecule has 1 aliphatic rings. The Balaban J connectivity index is 0.00000272. The van der Waals surface area contributed by atoms with Crippen molar-refractivity contribution in [1.29, 1.82) is 0 Å². The van der Waals surface area contributed by atoms with Crippen LogP contribution in [0.1, 0.15) is 33.1 Å². The van der Waals surface area contributed by atoms with Crippen LogP contribution < -0.4 is 32.9 Å². The second-order valence-corrected chi connectivity index (χ2v) is 11.9. The minimum atomic E-state index is -1.86. The molecule has 0 amide bonds. The van der Waals surface area contributed by atoms with Gasteiger partial charge in [-0.25, -0.2) is 0 Å². The fourth-order valence-electron chi connectivity index (χ4n) is 4.87. The standard InChI is InChI=1S/C27H32O2P.BrH/c1-3-23(19-20-27(2)28-21-22-29-27)30(24-13-7-4-8-14-24,25-15-9-5-10-16-25)26-17-11-6-12-18-26;/h4-18,23H,3,19-22H2,1-2H3;1H/q+1;/p-1. The quantitative estimate of drug-likeness (QED) is 0.443. The van der Waals surface area contributed by atoms with Crippen molar-refractivity contribution in [2.75, 3.05) is 13.2 Å². The van der Waals surface area contributed by atoms with Gasteiger partial charge in [-0.1, -0.05) is 61.5 Å². The van der Waals surface area contributed by atoms with E-state index in [1.165, 1.54) is 15.9 Å². The van der Waals surface area contributed by atoms with E-state index in [1.54, 1.807) is 0 Å². The molecular formula is C27H32BrO2P. The first-order valence-corrected chi connectivity index (χ1v) is 12.9. The van der Waals surface area contributed by atoms with Crippen LogP contribution in [0.2, 0.25) is 0 Å². The van der Waals surface area contributed by atoms with E-state index in [1.807, 2.05) is 0 Å². The van der Waals surface area contributed by atoms with Crippen LogP contribution in [0.4, 0.5) is 0 Å². The number of halogens is 1. The Morgan fingerprint density at radius 3 is 1.48 bits per heavy atom. The first-order chi connectivity index (χ1) is 14.7. The summed E-state index contributed by atoms with van der Waals surface area (Å²) >= 11 is 0. The Morgan fingerprint density at radius 1 is 0.742 bits per heavy atom. The predicted octanol–water partition coefficient (Wildman–Crippen LogP) is 2.31. The topological polar surface area (TPSA) is 18.5 Å². The third kappa shape index (κ3) is 4.96. The molecule has 0 bridgehead atoms. The van der Waals surface area contributed by atoms with E-state index in [4.69, 9.17) is 9.47 Å². The predicted molar refractivity (Wildman–Crippen MR) is 129 cm³/mol. The van der Waals surface area contributed by atoms with Gasteiger partial charge in [-0.2, -0.15) is 0 Å². The summed E-state index contributed by atoms with van der Waals surface area (Å²) in [5, 5.41) is 4.35. The van der Waals surface area contributed by atoms with Crippen LogP contribution in [0.25, 0.3) is 0 Å². The van der Waals surface area contributed by atoms with Gasteiger partial charge < -0.3 is 26.5 Å². The number of hydrogen-bond acceptors (Lipinski definition) is 2. The summed E-state index contributed by atoms with van der Waals surface area (Å²) in [6.45, 7) is 5.83. The summed E-state index contributed by atoms with van der Waals surface area (Å²) in [5.74, 6) is -0.451. The summed E-state index contributed by atoms with van der Waals surface area (Å²) in [6.07, 6.45) is 3.10. The third-order valence-corrected chi connectivity index (χ3v) is 11.4. The number of ether oxygens (including phenoxy) is 2. The fraction of sp³-hybridized carbons (Fsp3) is 0.333. The van der Waals surface area contributed by atoms with E-state index in [-0.39, 0.29) is 17.0 Å². The molecule has 164 valence electrons. The first-order valence-electron chi connectivity index (χ1n) is 11.0. The number of hydrogen-bond donors (Lipinski definition) is 0. The summed E-state index contributed by atoms with van der Waals surface area (Å²) in [7, 11) is -1.86. The second kappa shape index (κ2) is 10.9. The van der Waals surface area contributed by atoms with Crippen LogP contribution in [0.5, 0.6) is 0 Å². The lowest BCUT2D eigenvalue weighted by atomic mass is 10.1. The first kappa shape index (κ1) is 24.1. The van der Waals surface area contributed by atoms with Crippen LogP contribution >= 0.6 is 7.26 Å². The van der Waals surface area contributed by atoms with E-state index in [2.05, 4.69) is 105 Å². The molecule has 1 heterocycles. The Bertz CT molecular complexity index is 815. The summed E-state index contributed by atoms with van der Waals surface area (Å²) in [4.78, 5) is 0. The van der Waals surface area contributed by atoms with Gasteiger partial charge in [0.25, 0.3) is 0 Å². The molecule has 0 saturated carbocycles. The van der Waals surface area contributed by atoms with Gasteiger partial charge in [0.1, 0.15) is 23.2 Å². The maximum absolute atomic E-state index is 5.96. The smallest absolute Gasteiger partial charge is 0.165 e. The zero-order valence-electron chi connectivity index (χ0n) is 18.4. The lowest BCUT2D eigenvalue weighted by Gasteiger charge is -2.35. The largest absolute Gasteiger partial charge is 1.00 e. The summed E-state index contributed by atoms with van der Waals surface area (Å²) in [5.41, 5.74) is 0.509. The third-order valence-electron chi connectivity index (χ3n) is 6.34. The minimum Gasteiger partial charge on any atom is -1.00 e. The van der Waals surface area contributed by atoms with Gasteiger partial charge in [0.15, 0.2) is 5.79 Å². The molecule has 0 radical (unpaired) electrons. The van der Waals surface area contributed by atoms with E-state index in [0.29, 0.717) is 18.9 Å². The van der Waals surface area contributed by atoms with Gasteiger partial charge in [-0.05, 0) is 56.2 Å². The van der Waals surface area contributed by atoms with Crippen molar-refractivity contribution in [3.8, 4) is 0 Å². The van der Waals surface area contributed by atoms with Crippen LogP contribution in [-0.2, 0) is 9.47 Å². The average molecular weight is 499 g/mol. The molecule has 1 unspecified atom stereocenters. The van der Waals surface area contributed by atoms with Crippen molar-refractivity contribution in [2.45, 2.75) is 44.6 Å². The maximum Gasteiger partial charge on any atom is 0.165 e. The second-order valence-electron chi connectivity index (χ2n) is 8.16. The number of benzene rings is 3. The van der Waals surface area contributed by atoms with Gasteiger partial charge >= 0.3 is 0 Å². The lowest BCUT2D eigenvalue weighted by Crippen LogP contribution is -3.00. The number of rotatable bonds is 8. The molecule has 4 heteroatoms. The summed E-state index contributed by atoms with van der Waals surface area (Å²) in [6, 6.07) is 33.5. The molecule has 1 fully saturated rings. The average Bonchev–Trinajstić information content (AvgIpc) is 3.25. The van der Waals surface area contributed by atoms with E-state index in [0.717, 1.165) is 19.3 Å². The van der Waals surface area contributed by atoms with E-state index >= 15 is 0 Å². The molecule has 0 aliphatic carbocycles. The molecule has 0 aromatic heterocycles. The highest BCUT2D eigenvalue weighted by Crippen LogP contribution is 2.62. The van der Waals surface area contributed by atoms with Crippen LogP contribution in [0.15, 0.2) is 91.0 Å². The molecule has 4 rings (SSSR count). The Kier molecular flexibility index (Phi) is 8.47. The van der Waals surface area contributed by atoms with Crippen molar-refractivity contribution in [1.82, 2.24) is 0 Å². The van der Waals surface area contributed by atoms with Crippen molar-refractivity contribution < 1.29 is 26.5 Å². The molecule has 2 nitrogen and oxygen atoms in total. The highest BCUT2D eigenvalue weighted by molar-refractivity contribution is 7.96. The molecule has 1 atom stereocenters. The molecule has 0 spiro atoms. The van der Waals surface area contributed by atoms with Gasteiger partial charge in [0.2, 0.25) is 0 Å². The molecule has 0 N–H and O–H groups in total. The lowest BCUT2D eigenvalue weighted by molar-refractivity contribution is -0.147. The molecule has 3 aromatic rings. The van der Waals surface area contributed by atoms with Gasteiger partial charge in [0, 0.05) is 6.42 Å². The zero-order valence-corrected chi connectivity index (χ0v) is 20.9. The fourth-order valence-corrected chi connectivity index (χ4v) is 10.0. The molecule has 1 saturated heterocycles. The molecule has 3 aromatic carbocycles. The molecular weight excluding hydrogens is 467 g/mol. The van der Waals surface area contributed by atoms with Crippen molar-refractivity contribution >= 4 is 23.2 Å². The van der Waals surface area contributed by atoms with Crippen LogP contribution in [-0.4, -0.2) is 24.7 Å². The van der Waals surface area contributed by atoms with Crippen molar-refractivity contribution in [2.24, 2.45) is 0 Å². The molecule has 31 heavy (non-hydrogen) atoms. The van der Waals surface area contributed by atoms with Crippen LogP contribution in [0.3, 0.4) is 0 Å². The Morgan fingerprint density at radius 2 is 1.13 bits per heavy atom. The van der Waals surface area contributed by atoms with Gasteiger partial charge in [-0.15, -0.1) is 0 Å². The maximum atomic E-state index is 5.96. The van der Waals surface area contributed by atoms with Crippen LogP contribution in [0, 0.1) is 0 Å². The SMILES string of the molecule is CCC(CCC1(C)OCCO1)[P+](c1ccccc1)(c1ccccc1)c1ccccc1.[Br-]. The highest BCUT2D eigenvalue weighted by atomic mass is 79.9. The van der Waals surface area contributed by atoms with E-state index < -0.39 is 13.0 Å². The monoisotopic (exact) mass is 498 g/mol. The Labute approximate surface area is 198 Å².